The molecule has 106 valence electrons. The number of piperazine rings is 1. The summed E-state index contributed by atoms with van der Waals surface area (Å²) in [6.07, 6.45) is 2.26. The fraction of sp³-hybridized carbons (Fsp3) is 0.909. The molecule has 0 saturated carbocycles. The van der Waals surface area contributed by atoms with Gasteiger partial charge in [-0.25, -0.2) is 0 Å². The number of carbonyl (C=O) groups excluding carboxylic acids is 1. The summed E-state index contributed by atoms with van der Waals surface area (Å²) < 4.78 is 27.4. The number of nitrogens with one attached hydrogen (secondary N) is 1. The Bertz CT molecular complexity index is 383. The minimum atomic E-state index is -3.52. The van der Waals surface area contributed by atoms with Crippen molar-refractivity contribution in [3.63, 3.8) is 0 Å². The number of hydrogen-bond donors (Lipinski definition) is 1. The van der Waals surface area contributed by atoms with Crippen LogP contribution >= 0.6 is 0 Å². The Balaban J connectivity index is 2.85. The average Bonchev–Trinajstić information content (AvgIpc) is 2.35. The van der Waals surface area contributed by atoms with Crippen molar-refractivity contribution in [2.24, 2.45) is 0 Å². The fourth-order valence-corrected chi connectivity index (χ4v) is 3.64. The standard InChI is InChI=1S/C11H23N3O3S/c1-4-6-8-13(3)18(16,17)14-9-7-12-11(15)10(14)5-2/h10H,4-9H2,1-3H3,(H,12,15). The molecule has 0 bridgehead atoms. The summed E-state index contributed by atoms with van der Waals surface area (Å²) in [6.45, 7) is 5.07. The lowest BCUT2D eigenvalue weighted by atomic mass is 10.2. The zero-order chi connectivity index (χ0) is 13.8. The minimum absolute atomic E-state index is 0.198. The number of unbranched alkanes of at least 4 members (excludes halogenated alkanes) is 1. The zero-order valence-corrected chi connectivity index (χ0v) is 12.2. The molecule has 18 heavy (non-hydrogen) atoms. The summed E-state index contributed by atoms with van der Waals surface area (Å²) in [5, 5.41) is 2.70. The van der Waals surface area contributed by atoms with Gasteiger partial charge in [0, 0.05) is 26.7 Å². The summed E-state index contributed by atoms with van der Waals surface area (Å²) >= 11 is 0. The average molecular weight is 277 g/mol. The Hall–Kier alpha value is -0.660. The second-order valence-corrected chi connectivity index (χ2v) is 6.50. The molecule has 1 fully saturated rings. The molecule has 1 N–H and O–H groups in total. The van der Waals surface area contributed by atoms with E-state index in [0.717, 1.165) is 12.8 Å². The van der Waals surface area contributed by atoms with Crippen LogP contribution in [0.4, 0.5) is 0 Å². The van der Waals surface area contributed by atoms with E-state index in [1.807, 2.05) is 13.8 Å². The second-order valence-electron chi connectivity index (χ2n) is 4.51. The lowest BCUT2D eigenvalue weighted by Crippen LogP contribution is -2.59. The molecule has 1 aliphatic heterocycles. The lowest BCUT2D eigenvalue weighted by molar-refractivity contribution is -0.126. The number of amides is 1. The Morgan fingerprint density at radius 3 is 2.67 bits per heavy atom. The summed E-state index contributed by atoms with van der Waals surface area (Å²) in [4.78, 5) is 11.7. The molecular formula is C11H23N3O3S. The van der Waals surface area contributed by atoms with E-state index >= 15 is 0 Å². The van der Waals surface area contributed by atoms with Gasteiger partial charge in [0.05, 0.1) is 0 Å². The summed E-state index contributed by atoms with van der Waals surface area (Å²) in [5.74, 6) is -0.198. The van der Waals surface area contributed by atoms with Gasteiger partial charge in [0.25, 0.3) is 10.2 Å². The van der Waals surface area contributed by atoms with E-state index in [1.165, 1.54) is 8.61 Å². The van der Waals surface area contributed by atoms with Gasteiger partial charge in [-0.15, -0.1) is 0 Å². The smallest absolute Gasteiger partial charge is 0.282 e. The highest BCUT2D eigenvalue weighted by Crippen LogP contribution is 2.16. The van der Waals surface area contributed by atoms with Gasteiger partial charge in [-0.1, -0.05) is 20.3 Å². The van der Waals surface area contributed by atoms with Crippen molar-refractivity contribution in [1.29, 1.82) is 0 Å². The Labute approximate surface area is 110 Å². The summed E-state index contributed by atoms with van der Waals surface area (Å²) in [6, 6.07) is -0.576. The highest BCUT2D eigenvalue weighted by atomic mass is 32.2. The first kappa shape index (κ1) is 15.4. The first-order valence-electron chi connectivity index (χ1n) is 6.46. The molecular weight excluding hydrogens is 254 g/mol. The molecule has 1 saturated heterocycles. The van der Waals surface area contributed by atoms with Crippen LogP contribution in [0.3, 0.4) is 0 Å². The van der Waals surface area contributed by atoms with Gasteiger partial charge in [-0.3, -0.25) is 4.79 Å². The van der Waals surface area contributed by atoms with E-state index in [-0.39, 0.29) is 5.91 Å². The van der Waals surface area contributed by atoms with E-state index < -0.39 is 16.3 Å². The van der Waals surface area contributed by atoms with E-state index in [0.29, 0.717) is 26.1 Å². The maximum Gasteiger partial charge on any atom is 0.282 e. The van der Waals surface area contributed by atoms with Crippen molar-refractivity contribution >= 4 is 16.1 Å². The largest absolute Gasteiger partial charge is 0.353 e. The zero-order valence-electron chi connectivity index (χ0n) is 11.3. The molecule has 0 aromatic carbocycles. The van der Waals surface area contributed by atoms with Crippen LogP contribution in [0.2, 0.25) is 0 Å². The maximum absolute atomic E-state index is 12.4. The van der Waals surface area contributed by atoms with Gasteiger partial charge in [0.1, 0.15) is 6.04 Å². The van der Waals surface area contributed by atoms with Crippen molar-refractivity contribution in [1.82, 2.24) is 13.9 Å². The molecule has 1 unspecified atom stereocenters. The van der Waals surface area contributed by atoms with E-state index in [9.17, 15) is 13.2 Å². The SMILES string of the molecule is CCCCN(C)S(=O)(=O)N1CCNC(=O)C1CC. The molecule has 1 heterocycles. The Morgan fingerprint density at radius 2 is 2.11 bits per heavy atom. The van der Waals surface area contributed by atoms with Crippen LogP contribution in [-0.2, 0) is 15.0 Å². The van der Waals surface area contributed by atoms with Gasteiger partial charge in [-0.2, -0.15) is 17.0 Å². The predicted octanol–water partition coefficient (Wildman–Crippen LogP) is 0.174. The first-order chi connectivity index (χ1) is 8.45. The monoisotopic (exact) mass is 277 g/mol. The fourth-order valence-electron chi connectivity index (χ4n) is 2.03. The van der Waals surface area contributed by atoms with Crippen LogP contribution in [0, 0.1) is 0 Å². The van der Waals surface area contributed by atoms with Crippen molar-refractivity contribution in [2.75, 3.05) is 26.7 Å². The molecule has 6 nitrogen and oxygen atoms in total. The van der Waals surface area contributed by atoms with Gasteiger partial charge in [-0.05, 0) is 12.8 Å². The molecule has 0 aliphatic carbocycles. The lowest BCUT2D eigenvalue weighted by Gasteiger charge is -2.35. The van der Waals surface area contributed by atoms with Crippen LogP contribution < -0.4 is 5.32 Å². The van der Waals surface area contributed by atoms with Crippen LogP contribution in [-0.4, -0.2) is 55.7 Å². The molecule has 1 atom stereocenters. The van der Waals surface area contributed by atoms with Crippen LogP contribution in [0.25, 0.3) is 0 Å². The van der Waals surface area contributed by atoms with E-state index in [4.69, 9.17) is 0 Å². The summed E-state index contributed by atoms with van der Waals surface area (Å²) in [5.41, 5.74) is 0. The van der Waals surface area contributed by atoms with E-state index in [1.54, 1.807) is 7.05 Å². The molecule has 0 aromatic heterocycles. The summed E-state index contributed by atoms with van der Waals surface area (Å²) in [7, 11) is -1.95. The molecule has 1 aliphatic rings. The molecule has 7 heteroatoms. The third-order valence-corrected chi connectivity index (χ3v) is 5.19. The van der Waals surface area contributed by atoms with Gasteiger partial charge < -0.3 is 5.32 Å². The molecule has 0 aromatic rings. The van der Waals surface area contributed by atoms with Crippen LogP contribution in [0.1, 0.15) is 33.1 Å². The van der Waals surface area contributed by atoms with Crippen molar-refractivity contribution < 1.29 is 13.2 Å². The van der Waals surface area contributed by atoms with Gasteiger partial charge in [0.2, 0.25) is 5.91 Å². The third kappa shape index (κ3) is 3.21. The number of hydrogen-bond acceptors (Lipinski definition) is 3. The first-order valence-corrected chi connectivity index (χ1v) is 7.85. The molecule has 0 radical (unpaired) electrons. The predicted molar refractivity (Wildman–Crippen MR) is 70.3 cm³/mol. The topological polar surface area (TPSA) is 69.7 Å². The number of nitrogens with zero attached hydrogens (tertiary/aromatic N) is 2. The highest BCUT2D eigenvalue weighted by Gasteiger charge is 2.38. The molecule has 1 amide bonds. The van der Waals surface area contributed by atoms with Crippen LogP contribution in [0.5, 0.6) is 0 Å². The molecule has 1 rings (SSSR count). The quantitative estimate of drug-likeness (QED) is 0.752. The Morgan fingerprint density at radius 1 is 1.44 bits per heavy atom. The Kier molecular flexibility index (Phi) is 5.55. The normalized spacial score (nSPS) is 22.2. The van der Waals surface area contributed by atoms with Crippen LogP contribution in [0.15, 0.2) is 0 Å². The third-order valence-electron chi connectivity index (χ3n) is 3.19. The second kappa shape index (κ2) is 6.49. The maximum atomic E-state index is 12.4. The van der Waals surface area contributed by atoms with Gasteiger partial charge in [0.15, 0.2) is 0 Å². The number of carbonyl (C=O) groups is 1. The molecule has 0 spiro atoms. The van der Waals surface area contributed by atoms with Crippen molar-refractivity contribution in [2.45, 2.75) is 39.2 Å². The van der Waals surface area contributed by atoms with Crippen molar-refractivity contribution in [3.8, 4) is 0 Å². The van der Waals surface area contributed by atoms with Gasteiger partial charge >= 0.3 is 0 Å². The van der Waals surface area contributed by atoms with Crippen molar-refractivity contribution in [3.05, 3.63) is 0 Å². The van der Waals surface area contributed by atoms with E-state index in [2.05, 4.69) is 5.32 Å². The number of rotatable bonds is 6. The minimum Gasteiger partial charge on any atom is -0.353 e. The highest BCUT2D eigenvalue weighted by molar-refractivity contribution is 7.86.